The fourth-order valence-electron chi connectivity index (χ4n) is 3.91. The molecule has 0 N–H and O–H groups in total. The number of hydrogen-bond acceptors (Lipinski definition) is 5. The molecule has 0 unspecified atom stereocenters. The van der Waals surface area contributed by atoms with E-state index in [0.29, 0.717) is 23.9 Å². The molecule has 7 heteroatoms. The number of sulfone groups is 1. The van der Waals surface area contributed by atoms with Crippen LogP contribution >= 0.6 is 11.3 Å². The van der Waals surface area contributed by atoms with Crippen LogP contribution in [0.25, 0.3) is 0 Å². The highest BCUT2D eigenvalue weighted by Crippen LogP contribution is 2.30. The Kier molecular flexibility index (Phi) is 5.28. The van der Waals surface area contributed by atoms with Gasteiger partial charge >= 0.3 is 0 Å². The second-order valence-electron chi connectivity index (χ2n) is 7.99. The Hall–Kier alpha value is -0.920. The van der Waals surface area contributed by atoms with E-state index in [1.54, 1.807) is 11.3 Å². The topological polar surface area (TPSA) is 57.7 Å². The van der Waals surface area contributed by atoms with Gasteiger partial charge in [-0.05, 0) is 17.9 Å². The lowest BCUT2D eigenvalue weighted by Crippen LogP contribution is -2.61. The summed E-state index contributed by atoms with van der Waals surface area (Å²) in [6, 6.07) is 1.69. The molecule has 25 heavy (non-hydrogen) atoms. The number of rotatable bonds is 4. The normalized spacial score (nSPS) is 26.4. The van der Waals surface area contributed by atoms with Crippen LogP contribution in [-0.2, 0) is 9.84 Å². The summed E-state index contributed by atoms with van der Waals surface area (Å²) in [6.07, 6.45) is 0. The Morgan fingerprint density at radius 2 is 1.88 bits per heavy atom. The van der Waals surface area contributed by atoms with E-state index in [0.717, 1.165) is 13.1 Å². The summed E-state index contributed by atoms with van der Waals surface area (Å²) >= 11 is 1.61. The molecule has 2 atom stereocenters. The first-order chi connectivity index (χ1) is 11.7. The third kappa shape index (κ3) is 3.93. The maximum atomic E-state index is 13.0. The molecule has 0 bridgehead atoms. The van der Waals surface area contributed by atoms with Crippen molar-refractivity contribution in [2.45, 2.75) is 45.7 Å². The van der Waals surface area contributed by atoms with Gasteiger partial charge in [0.2, 0.25) is 0 Å². The Morgan fingerprint density at radius 3 is 2.48 bits per heavy atom. The molecule has 0 radical (unpaired) electrons. The number of carbonyl (C=O) groups is 1. The fourth-order valence-corrected chi connectivity index (χ4v) is 6.82. The maximum absolute atomic E-state index is 13.0. The quantitative estimate of drug-likeness (QED) is 0.800. The summed E-state index contributed by atoms with van der Waals surface area (Å²) in [4.78, 5) is 18.3. The Labute approximate surface area is 154 Å². The number of thiophene rings is 1. The van der Waals surface area contributed by atoms with Gasteiger partial charge in [-0.15, -0.1) is 11.3 Å². The van der Waals surface area contributed by atoms with E-state index in [1.165, 1.54) is 4.88 Å². The molecular weight excluding hydrogens is 356 g/mol. The molecule has 0 saturated carbocycles. The largest absolute Gasteiger partial charge is 0.332 e. The van der Waals surface area contributed by atoms with Gasteiger partial charge in [-0.3, -0.25) is 9.69 Å². The van der Waals surface area contributed by atoms with Crippen LogP contribution in [-0.4, -0.2) is 67.3 Å². The number of carbonyl (C=O) groups excluding carboxylic acids is 1. The van der Waals surface area contributed by atoms with Crippen molar-refractivity contribution in [1.29, 1.82) is 0 Å². The minimum Gasteiger partial charge on any atom is -0.332 e. The first kappa shape index (κ1) is 18.9. The maximum Gasteiger partial charge on any atom is 0.255 e. The lowest BCUT2D eigenvalue weighted by atomic mass is 10.0. The van der Waals surface area contributed by atoms with E-state index in [2.05, 4.69) is 32.6 Å². The van der Waals surface area contributed by atoms with Gasteiger partial charge in [0.25, 0.3) is 5.91 Å². The molecule has 2 aliphatic rings. The van der Waals surface area contributed by atoms with Crippen LogP contribution in [0.1, 0.15) is 48.8 Å². The predicted octanol–water partition coefficient (Wildman–Crippen LogP) is 2.45. The summed E-state index contributed by atoms with van der Waals surface area (Å²) in [6.45, 7) is 10.8. The van der Waals surface area contributed by atoms with Crippen molar-refractivity contribution >= 4 is 27.1 Å². The molecule has 2 aliphatic heterocycles. The van der Waals surface area contributed by atoms with E-state index in [-0.39, 0.29) is 29.5 Å². The fraction of sp³-hybridized carbons (Fsp3) is 0.722. The van der Waals surface area contributed by atoms with Crippen molar-refractivity contribution in [2.75, 3.05) is 31.1 Å². The van der Waals surface area contributed by atoms with Crippen molar-refractivity contribution in [3.05, 3.63) is 21.9 Å². The van der Waals surface area contributed by atoms with Crippen LogP contribution in [0.2, 0.25) is 0 Å². The minimum atomic E-state index is -3.09. The minimum absolute atomic E-state index is 0.0144. The zero-order valence-electron chi connectivity index (χ0n) is 15.4. The third-order valence-electron chi connectivity index (χ3n) is 5.09. The van der Waals surface area contributed by atoms with Gasteiger partial charge < -0.3 is 4.90 Å². The standard InChI is InChI=1S/C18H28N2O3S2/c1-12(2)8-19-5-6-20(16-11-25(22,23)10-15(16)19)18(21)14-7-17(13(3)4)24-9-14/h7,9,12-13,15-16H,5-6,8,10-11H2,1-4H3/t15-,16+/m1/s1. The molecular formula is C18H28N2O3S2. The number of hydrogen-bond donors (Lipinski definition) is 0. The lowest BCUT2D eigenvalue weighted by molar-refractivity contribution is 0.0297. The van der Waals surface area contributed by atoms with Gasteiger partial charge in [-0.1, -0.05) is 27.7 Å². The van der Waals surface area contributed by atoms with Crippen molar-refractivity contribution in [3.8, 4) is 0 Å². The average Bonchev–Trinajstić information content (AvgIpc) is 3.10. The van der Waals surface area contributed by atoms with Crippen LogP contribution in [0, 0.1) is 5.92 Å². The molecule has 1 amide bonds. The van der Waals surface area contributed by atoms with Crippen molar-refractivity contribution in [3.63, 3.8) is 0 Å². The zero-order valence-corrected chi connectivity index (χ0v) is 17.1. The molecule has 1 aromatic heterocycles. The lowest BCUT2D eigenvalue weighted by Gasteiger charge is -2.44. The Bertz CT molecular complexity index is 739. The third-order valence-corrected chi connectivity index (χ3v) is 8.02. The summed E-state index contributed by atoms with van der Waals surface area (Å²) in [5.74, 6) is 1.14. The van der Waals surface area contributed by atoms with E-state index in [4.69, 9.17) is 0 Å². The molecule has 1 aromatic rings. The van der Waals surface area contributed by atoms with Gasteiger partial charge in [-0.2, -0.15) is 0 Å². The Balaban J connectivity index is 1.83. The van der Waals surface area contributed by atoms with Crippen molar-refractivity contribution in [2.24, 2.45) is 5.92 Å². The molecule has 0 spiro atoms. The summed E-state index contributed by atoms with van der Waals surface area (Å²) < 4.78 is 24.5. The molecule has 140 valence electrons. The molecule has 0 aliphatic carbocycles. The summed E-state index contributed by atoms with van der Waals surface area (Å²) in [5.41, 5.74) is 0.703. The summed E-state index contributed by atoms with van der Waals surface area (Å²) in [5, 5.41) is 1.91. The number of nitrogens with zero attached hydrogens (tertiary/aromatic N) is 2. The first-order valence-corrected chi connectivity index (χ1v) is 11.7. The molecule has 0 aromatic carbocycles. The van der Waals surface area contributed by atoms with Gasteiger partial charge in [0.05, 0.1) is 23.1 Å². The van der Waals surface area contributed by atoms with Crippen LogP contribution < -0.4 is 0 Å². The van der Waals surface area contributed by atoms with E-state index < -0.39 is 9.84 Å². The first-order valence-electron chi connectivity index (χ1n) is 9.02. The number of fused-ring (bicyclic) bond motifs is 1. The van der Waals surface area contributed by atoms with Crippen LogP contribution in [0.15, 0.2) is 11.4 Å². The Morgan fingerprint density at radius 1 is 1.20 bits per heavy atom. The monoisotopic (exact) mass is 384 g/mol. The van der Waals surface area contributed by atoms with E-state index in [1.807, 2.05) is 16.3 Å². The second-order valence-corrected chi connectivity index (χ2v) is 11.1. The highest BCUT2D eigenvalue weighted by molar-refractivity contribution is 7.91. The predicted molar refractivity (Wildman–Crippen MR) is 102 cm³/mol. The molecule has 2 saturated heterocycles. The van der Waals surface area contributed by atoms with Gasteiger partial charge in [0.1, 0.15) is 0 Å². The van der Waals surface area contributed by atoms with Crippen molar-refractivity contribution < 1.29 is 13.2 Å². The highest BCUT2D eigenvalue weighted by Gasteiger charge is 2.48. The molecule has 3 rings (SSSR count). The smallest absolute Gasteiger partial charge is 0.255 e. The van der Waals surface area contributed by atoms with E-state index >= 15 is 0 Å². The van der Waals surface area contributed by atoms with Crippen LogP contribution in [0.5, 0.6) is 0 Å². The van der Waals surface area contributed by atoms with Crippen LogP contribution in [0.4, 0.5) is 0 Å². The van der Waals surface area contributed by atoms with Crippen LogP contribution in [0.3, 0.4) is 0 Å². The summed E-state index contributed by atoms with van der Waals surface area (Å²) in [7, 11) is -3.09. The molecule has 5 nitrogen and oxygen atoms in total. The van der Waals surface area contributed by atoms with E-state index in [9.17, 15) is 13.2 Å². The average molecular weight is 385 g/mol. The number of piperazine rings is 1. The van der Waals surface area contributed by atoms with Gasteiger partial charge in [0, 0.05) is 35.9 Å². The second kappa shape index (κ2) is 7.00. The van der Waals surface area contributed by atoms with Gasteiger partial charge in [-0.25, -0.2) is 8.42 Å². The SMILES string of the molecule is CC(C)CN1CCN(C(=O)c2csc(C(C)C)c2)[C@H]2CS(=O)(=O)C[C@H]21. The number of amides is 1. The zero-order chi connectivity index (χ0) is 18.4. The van der Waals surface area contributed by atoms with Gasteiger partial charge in [0.15, 0.2) is 9.84 Å². The molecule has 3 heterocycles. The molecule has 2 fully saturated rings. The van der Waals surface area contributed by atoms with Crippen molar-refractivity contribution in [1.82, 2.24) is 9.80 Å². The highest BCUT2D eigenvalue weighted by atomic mass is 32.2.